The van der Waals surface area contributed by atoms with Gasteiger partial charge in [-0.2, -0.15) is 0 Å². The maximum atomic E-state index is 12.2. The monoisotopic (exact) mass is 341 g/mol. The summed E-state index contributed by atoms with van der Waals surface area (Å²) in [5, 5.41) is 5.69. The normalized spacial score (nSPS) is 11.4. The molecule has 2 N–H and O–H groups in total. The zero-order valence-electron chi connectivity index (χ0n) is 14.5. The van der Waals surface area contributed by atoms with E-state index in [1.165, 1.54) is 6.92 Å². The van der Waals surface area contributed by atoms with Gasteiger partial charge in [0.05, 0.1) is 19.6 Å². The smallest absolute Gasteiger partial charge is 0.222 e. The molecular formula is C19H23N3O3. The number of methoxy groups -OCH3 is 1. The van der Waals surface area contributed by atoms with Gasteiger partial charge in [-0.25, -0.2) is 0 Å². The number of aromatic nitrogens is 1. The first kappa shape index (κ1) is 18.4. The van der Waals surface area contributed by atoms with Crippen molar-refractivity contribution in [3.63, 3.8) is 0 Å². The van der Waals surface area contributed by atoms with Crippen molar-refractivity contribution in [1.29, 1.82) is 0 Å². The summed E-state index contributed by atoms with van der Waals surface area (Å²) in [6, 6.07) is 12.6. The zero-order valence-corrected chi connectivity index (χ0v) is 14.5. The number of pyridine rings is 1. The van der Waals surface area contributed by atoms with Gasteiger partial charge in [-0.3, -0.25) is 14.6 Å². The molecule has 2 rings (SSSR count). The third-order valence-electron chi connectivity index (χ3n) is 3.71. The van der Waals surface area contributed by atoms with Gasteiger partial charge < -0.3 is 15.4 Å². The van der Waals surface area contributed by atoms with Crippen LogP contribution in [-0.4, -0.2) is 30.5 Å². The van der Waals surface area contributed by atoms with Crippen LogP contribution in [0.2, 0.25) is 0 Å². The highest BCUT2D eigenvalue weighted by molar-refractivity contribution is 5.79. The summed E-state index contributed by atoms with van der Waals surface area (Å²) in [6.45, 7) is 1.95. The molecule has 0 aliphatic carbocycles. The quantitative estimate of drug-likeness (QED) is 0.770. The number of hydrogen-bond acceptors (Lipinski definition) is 4. The first-order chi connectivity index (χ1) is 12.1. The van der Waals surface area contributed by atoms with Crippen LogP contribution in [0, 0.1) is 0 Å². The van der Waals surface area contributed by atoms with Crippen molar-refractivity contribution in [3.05, 3.63) is 59.9 Å². The van der Waals surface area contributed by atoms with Crippen LogP contribution in [0.15, 0.2) is 48.7 Å². The second-order valence-corrected chi connectivity index (χ2v) is 5.65. The van der Waals surface area contributed by atoms with Crippen molar-refractivity contribution >= 4 is 11.8 Å². The molecule has 2 amide bonds. The lowest BCUT2D eigenvalue weighted by Crippen LogP contribution is -2.33. The Hall–Kier alpha value is -2.89. The van der Waals surface area contributed by atoms with Crippen molar-refractivity contribution < 1.29 is 14.3 Å². The van der Waals surface area contributed by atoms with E-state index in [2.05, 4.69) is 15.6 Å². The number of amides is 2. The van der Waals surface area contributed by atoms with Crippen molar-refractivity contribution in [2.24, 2.45) is 0 Å². The van der Waals surface area contributed by atoms with E-state index in [-0.39, 0.29) is 24.3 Å². The third kappa shape index (κ3) is 6.25. The fourth-order valence-electron chi connectivity index (χ4n) is 2.47. The Morgan fingerprint density at radius 2 is 1.92 bits per heavy atom. The lowest BCUT2D eigenvalue weighted by atomic mass is 10.0. The van der Waals surface area contributed by atoms with E-state index < -0.39 is 0 Å². The second-order valence-electron chi connectivity index (χ2n) is 5.65. The topological polar surface area (TPSA) is 80.3 Å². The summed E-state index contributed by atoms with van der Waals surface area (Å²) in [7, 11) is 1.59. The van der Waals surface area contributed by atoms with Crippen molar-refractivity contribution in [2.45, 2.75) is 25.8 Å². The van der Waals surface area contributed by atoms with Gasteiger partial charge in [0.15, 0.2) is 0 Å². The molecule has 2 aromatic rings. The molecule has 25 heavy (non-hydrogen) atoms. The van der Waals surface area contributed by atoms with E-state index >= 15 is 0 Å². The predicted octanol–water partition coefficient (Wildman–Crippen LogP) is 2.02. The second kappa shape index (κ2) is 9.42. The van der Waals surface area contributed by atoms with Gasteiger partial charge in [-0.05, 0) is 29.8 Å². The molecule has 0 radical (unpaired) electrons. The summed E-state index contributed by atoms with van der Waals surface area (Å²) in [4.78, 5) is 27.9. The first-order valence-electron chi connectivity index (χ1n) is 8.16. The minimum absolute atomic E-state index is 0.120. The molecule has 0 spiro atoms. The molecule has 1 heterocycles. The number of benzene rings is 1. The van der Waals surface area contributed by atoms with E-state index in [4.69, 9.17) is 4.74 Å². The van der Waals surface area contributed by atoms with E-state index in [0.717, 1.165) is 17.0 Å². The Kier molecular flexibility index (Phi) is 6.95. The Balaban J connectivity index is 1.91. The summed E-state index contributed by atoms with van der Waals surface area (Å²) in [5.41, 5.74) is 1.78. The predicted molar refractivity (Wildman–Crippen MR) is 95.1 cm³/mol. The number of rotatable bonds is 8. The number of nitrogens with zero attached hydrogens (tertiary/aromatic N) is 1. The molecule has 6 nitrogen and oxygen atoms in total. The largest absolute Gasteiger partial charge is 0.497 e. The van der Waals surface area contributed by atoms with Crippen LogP contribution in [0.4, 0.5) is 0 Å². The van der Waals surface area contributed by atoms with Crippen LogP contribution in [-0.2, 0) is 16.0 Å². The van der Waals surface area contributed by atoms with Gasteiger partial charge >= 0.3 is 0 Å². The lowest BCUT2D eigenvalue weighted by Gasteiger charge is -2.18. The molecule has 0 bridgehead atoms. The number of nitrogens with one attached hydrogen (secondary N) is 2. The molecule has 0 saturated heterocycles. The standard InChI is InChI=1S/C19H23N3O3/c1-14(23)22-18(15-6-8-17(25-2)9-7-15)13-19(24)21-12-10-16-5-3-4-11-20-16/h3-9,11,18H,10,12-13H2,1-2H3,(H,21,24)(H,22,23). The Bertz CT molecular complexity index is 687. The van der Waals surface area contributed by atoms with Crippen molar-refractivity contribution in [1.82, 2.24) is 15.6 Å². The van der Waals surface area contributed by atoms with E-state index in [1.807, 2.05) is 42.5 Å². The van der Waals surface area contributed by atoms with Crippen LogP contribution in [0.25, 0.3) is 0 Å². The van der Waals surface area contributed by atoms with E-state index in [0.29, 0.717) is 13.0 Å². The van der Waals surface area contributed by atoms with Crippen molar-refractivity contribution in [3.8, 4) is 5.75 Å². The fourth-order valence-corrected chi connectivity index (χ4v) is 2.47. The molecule has 132 valence electrons. The average Bonchev–Trinajstić information content (AvgIpc) is 2.62. The molecule has 0 aliphatic rings. The molecule has 0 saturated carbocycles. The third-order valence-corrected chi connectivity index (χ3v) is 3.71. The lowest BCUT2D eigenvalue weighted by molar-refractivity contribution is -0.122. The molecule has 1 unspecified atom stereocenters. The Morgan fingerprint density at radius 3 is 2.52 bits per heavy atom. The summed E-state index contributed by atoms with van der Waals surface area (Å²) in [6.07, 6.45) is 2.57. The molecule has 1 aromatic carbocycles. The average molecular weight is 341 g/mol. The van der Waals surface area contributed by atoms with Gasteiger partial charge in [0.25, 0.3) is 0 Å². The minimum Gasteiger partial charge on any atom is -0.497 e. The van der Waals surface area contributed by atoms with Crippen LogP contribution in [0.1, 0.15) is 30.6 Å². The van der Waals surface area contributed by atoms with Gasteiger partial charge in [-0.15, -0.1) is 0 Å². The molecule has 1 atom stereocenters. The highest BCUT2D eigenvalue weighted by Crippen LogP contribution is 2.20. The number of hydrogen-bond donors (Lipinski definition) is 2. The number of ether oxygens (including phenoxy) is 1. The fraction of sp³-hybridized carbons (Fsp3) is 0.316. The van der Waals surface area contributed by atoms with Crippen LogP contribution >= 0.6 is 0 Å². The maximum Gasteiger partial charge on any atom is 0.222 e. The number of carbonyl (C=O) groups excluding carboxylic acids is 2. The molecule has 0 fully saturated rings. The minimum atomic E-state index is -0.377. The molecular weight excluding hydrogens is 318 g/mol. The molecule has 1 aromatic heterocycles. The van der Waals surface area contributed by atoms with E-state index in [9.17, 15) is 9.59 Å². The van der Waals surface area contributed by atoms with Gasteiger partial charge in [-0.1, -0.05) is 18.2 Å². The van der Waals surface area contributed by atoms with E-state index in [1.54, 1.807) is 13.3 Å². The maximum absolute atomic E-state index is 12.2. The zero-order chi connectivity index (χ0) is 18.1. The summed E-state index contributed by atoms with van der Waals surface area (Å²) >= 11 is 0. The summed E-state index contributed by atoms with van der Waals surface area (Å²) in [5.74, 6) is 0.428. The summed E-state index contributed by atoms with van der Waals surface area (Å²) < 4.78 is 5.13. The van der Waals surface area contributed by atoms with Gasteiger partial charge in [0.1, 0.15) is 5.75 Å². The Labute approximate surface area is 147 Å². The van der Waals surface area contributed by atoms with Crippen molar-refractivity contribution in [2.75, 3.05) is 13.7 Å². The highest BCUT2D eigenvalue weighted by atomic mass is 16.5. The van der Waals surface area contributed by atoms with Crippen LogP contribution in [0.3, 0.4) is 0 Å². The van der Waals surface area contributed by atoms with Crippen LogP contribution < -0.4 is 15.4 Å². The number of carbonyl (C=O) groups is 2. The van der Waals surface area contributed by atoms with Gasteiger partial charge in [0.2, 0.25) is 11.8 Å². The molecule has 6 heteroatoms. The first-order valence-corrected chi connectivity index (χ1v) is 8.16. The highest BCUT2D eigenvalue weighted by Gasteiger charge is 2.17. The van der Waals surface area contributed by atoms with Gasteiger partial charge in [0, 0.05) is 31.8 Å². The molecule has 0 aliphatic heterocycles. The SMILES string of the molecule is COc1ccc(C(CC(=O)NCCc2ccccn2)NC(C)=O)cc1. The Morgan fingerprint density at radius 1 is 1.16 bits per heavy atom. The van der Waals surface area contributed by atoms with Crippen LogP contribution in [0.5, 0.6) is 5.75 Å².